The molecule has 0 aromatic heterocycles. The zero-order chi connectivity index (χ0) is 50.2. The lowest BCUT2D eigenvalue weighted by Gasteiger charge is -2.53. The Labute approximate surface area is 403 Å². The first-order valence-corrected chi connectivity index (χ1v) is 24.0. The molecule has 68 heavy (non-hydrogen) atoms. The number of carbonyl (C=O) groups excluding carboxylic acids is 7. The fourth-order valence-electron chi connectivity index (χ4n) is 8.46. The maximum Gasteiger partial charge on any atom is 0.410 e. The van der Waals surface area contributed by atoms with Crippen LogP contribution in [0.3, 0.4) is 0 Å². The van der Waals surface area contributed by atoms with Crippen molar-refractivity contribution in [2.24, 2.45) is 11.3 Å². The van der Waals surface area contributed by atoms with Gasteiger partial charge in [0.15, 0.2) is 0 Å². The molecule has 17 heteroatoms. The van der Waals surface area contributed by atoms with Crippen LogP contribution in [0.1, 0.15) is 118 Å². The van der Waals surface area contributed by atoms with Crippen molar-refractivity contribution in [1.29, 1.82) is 0 Å². The number of likely N-dealkylation sites (tertiary alicyclic amines) is 2. The molecule has 1 spiro atoms. The highest BCUT2D eigenvalue weighted by Gasteiger charge is 2.48. The third-order valence-corrected chi connectivity index (χ3v) is 11.9. The summed E-state index contributed by atoms with van der Waals surface area (Å²) in [6, 6.07) is 15.6. The van der Waals surface area contributed by atoms with Crippen LogP contribution in [0, 0.1) is 11.3 Å². The molecule has 2 aliphatic rings. The van der Waals surface area contributed by atoms with E-state index in [2.05, 4.69) is 21.3 Å². The van der Waals surface area contributed by atoms with Crippen LogP contribution in [-0.4, -0.2) is 139 Å². The first kappa shape index (κ1) is 54.7. The smallest absolute Gasteiger partial charge is 0.410 e. The van der Waals surface area contributed by atoms with Crippen LogP contribution in [-0.2, 0) is 39.8 Å². The fraction of sp³-hybridized carbons (Fsp3) is 0.627. The topological polar surface area (TPSA) is 205 Å². The van der Waals surface area contributed by atoms with E-state index in [4.69, 9.17) is 14.2 Å². The van der Waals surface area contributed by atoms with E-state index in [0.717, 1.165) is 11.1 Å². The number of nitrogens with zero attached hydrogens (tertiary/aromatic N) is 3. The Morgan fingerprint density at radius 3 is 1.87 bits per heavy atom. The number of carbonyl (C=O) groups is 7. The number of unbranched alkanes of at least 4 members (excludes halogenated alkanes) is 1. The largest absolute Gasteiger partial charge is 0.453 e. The van der Waals surface area contributed by atoms with Gasteiger partial charge in [-0.25, -0.2) is 14.4 Å². The molecule has 2 aliphatic heterocycles. The molecule has 4 atom stereocenters. The Morgan fingerprint density at radius 1 is 0.721 bits per heavy atom. The number of methoxy groups -OCH3 is 1. The number of amides is 7. The molecule has 0 bridgehead atoms. The average Bonchev–Trinajstić information content (AvgIpc) is 3.25. The molecule has 4 N–H and O–H groups in total. The number of ether oxygens (including phenoxy) is 3. The predicted molar refractivity (Wildman–Crippen MR) is 258 cm³/mol. The molecular formula is C51H77N7O10. The molecule has 0 unspecified atom stereocenters. The molecule has 2 aromatic rings. The summed E-state index contributed by atoms with van der Waals surface area (Å²) in [5.74, 6) is -2.20. The molecule has 7 amide bonds. The van der Waals surface area contributed by atoms with Crippen molar-refractivity contribution in [3.63, 3.8) is 0 Å². The maximum absolute atomic E-state index is 14.4. The van der Waals surface area contributed by atoms with Crippen LogP contribution in [0.15, 0.2) is 60.7 Å². The standard InChI is InChI=1S/C51H77N7O10/c1-35(2)29-40(43(60)54-39(23-17-18-26-52-46(63)67-49(4,5)6)45(62)56-27-24-51(25-28-56)33-58(34-51)47(64)66-10)55-44(61)41(30-37-19-13-11-14-20-37)53-42(59)32-57(48(65)68-50(7,8)9)31-36(3)38-21-15-12-16-22-38/h11-16,19-22,35-36,39-41H,17-18,23-34H2,1-10H3,(H,52,63)(H,53,59)(H,54,60)(H,55,61)/t36-,39+,40+,41+/m0/s1. The first-order valence-electron chi connectivity index (χ1n) is 24.0. The number of alkyl carbamates (subject to hydrolysis) is 1. The second kappa shape index (κ2) is 24.9. The highest BCUT2D eigenvalue weighted by molar-refractivity contribution is 5.95. The lowest BCUT2D eigenvalue weighted by molar-refractivity contribution is -0.141. The number of hydrogen-bond donors (Lipinski definition) is 4. The van der Waals surface area contributed by atoms with Crippen molar-refractivity contribution in [1.82, 2.24) is 36.0 Å². The van der Waals surface area contributed by atoms with E-state index < -0.39 is 65.8 Å². The number of hydrogen-bond acceptors (Lipinski definition) is 10. The minimum absolute atomic E-state index is 0.0550. The van der Waals surface area contributed by atoms with Gasteiger partial charge in [-0.2, -0.15) is 0 Å². The second-order valence-corrected chi connectivity index (χ2v) is 20.8. The van der Waals surface area contributed by atoms with Crippen molar-refractivity contribution < 1.29 is 47.8 Å². The summed E-state index contributed by atoms with van der Waals surface area (Å²) in [6.07, 6.45) is 1.37. The molecule has 2 aromatic carbocycles. The van der Waals surface area contributed by atoms with E-state index in [1.54, 1.807) is 51.3 Å². The Balaban J connectivity index is 1.51. The second-order valence-electron chi connectivity index (χ2n) is 20.8. The zero-order valence-corrected chi connectivity index (χ0v) is 42.0. The van der Waals surface area contributed by atoms with Gasteiger partial charge in [0.25, 0.3) is 0 Å². The fourth-order valence-corrected chi connectivity index (χ4v) is 8.46. The summed E-state index contributed by atoms with van der Waals surface area (Å²) >= 11 is 0. The monoisotopic (exact) mass is 948 g/mol. The summed E-state index contributed by atoms with van der Waals surface area (Å²) in [6.45, 7) is 18.5. The summed E-state index contributed by atoms with van der Waals surface area (Å²) in [5.41, 5.74) is 0.158. The summed E-state index contributed by atoms with van der Waals surface area (Å²) in [4.78, 5) is 99.7. The van der Waals surface area contributed by atoms with Crippen LogP contribution < -0.4 is 21.3 Å². The van der Waals surface area contributed by atoms with Crippen LogP contribution >= 0.6 is 0 Å². The number of rotatable bonds is 20. The predicted octanol–water partition coefficient (Wildman–Crippen LogP) is 6.16. The van der Waals surface area contributed by atoms with Gasteiger partial charge >= 0.3 is 18.3 Å². The highest BCUT2D eigenvalue weighted by Crippen LogP contribution is 2.40. The Kier molecular flexibility index (Phi) is 20.1. The molecular weight excluding hydrogens is 871 g/mol. The summed E-state index contributed by atoms with van der Waals surface area (Å²) in [7, 11) is 1.35. The third-order valence-electron chi connectivity index (χ3n) is 11.9. The minimum Gasteiger partial charge on any atom is -0.453 e. The molecule has 2 saturated heterocycles. The molecule has 2 fully saturated rings. The van der Waals surface area contributed by atoms with Crippen molar-refractivity contribution in [2.75, 3.05) is 52.9 Å². The van der Waals surface area contributed by atoms with Gasteiger partial charge in [0.1, 0.15) is 35.9 Å². The van der Waals surface area contributed by atoms with Gasteiger partial charge in [0.05, 0.1) is 7.11 Å². The van der Waals surface area contributed by atoms with Crippen molar-refractivity contribution in [2.45, 2.75) is 143 Å². The van der Waals surface area contributed by atoms with Crippen molar-refractivity contribution >= 4 is 41.9 Å². The molecule has 17 nitrogen and oxygen atoms in total. The van der Waals surface area contributed by atoms with E-state index in [9.17, 15) is 33.6 Å². The Hall–Kier alpha value is -5.87. The van der Waals surface area contributed by atoms with E-state index >= 15 is 0 Å². The van der Waals surface area contributed by atoms with Crippen LogP contribution in [0.5, 0.6) is 0 Å². The number of nitrogens with one attached hydrogen (secondary N) is 4. The van der Waals surface area contributed by atoms with Gasteiger partial charge in [-0.05, 0) is 103 Å². The highest BCUT2D eigenvalue weighted by atomic mass is 16.6. The van der Waals surface area contributed by atoms with E-state index in [0.29, 0.717) is 58.4 Å². The lowest BCUT2D eigenvalue weighted by Crippen LogP contribution is -2.63. The van der Waals surface area contributed by atoms with Gasteiger partial charge in [-0.3, -0.25) is 24.1 Å². The molecule has 0 radical (unpaired) electrons. The van der Waals surface area contributed by atoms with Crippen LogP contribution in [0.25, 0.3) is 0 Å². The average molecular weight is 948 g/mol. The molecule has 0 aliphatic carbocycles. The van der Waals surface area contributed by atoms with Gasteiger partial charge in [0.2, 0.25) is 23.6 Å². The number of benzene rings is 2. The normalized spacial score (nSPS) is 16.3. The zero-order valence-electron chi connectivity index (χ0n) is 42.0. The summed E-state index contributed by atoms with van der Waals surface area (Å²) in [5, 5.41) is 11.5. The van der Waals surface area contributed by atoms with Gasteiger partial charge in [-0.1, -0.05) is 81.4 Å². The third kappa shape index (κ3) is 18.0. The maximum atomic E-state index is 14.4. The quantitative estimate of drug-likeness (QED) is 0.0880. The van der Waals surface area contributed by atoms with Gasteiger partial charge < -0.3 is 45.3 Å². The van der Waals surface area contributed by atoms with Crippen molar-refractivity contribution in [3.8, 4) is 0 Å². The number of piperidine rings is 1. The van der Waals surface area contributed by atoms with Crippen LogP contribution in [0.4, 0.5) is 14.4 Å². The first-order chi connectivity index (χ1) is 32.0. The van der Waals surface area contributed by atoms with Crippen molar-refractivity contribution in [3.05, 3.63) is 71.8 Å². The Bertz CT molecular complexity index is 1990. The summed E-state index contributed by atoms with van der Waals surface area (Å²) < 4.78 is 15.9. The molecule has 4 rings (SSSR count). The minimum atomic E-state index is -1.14. The lowest BCUT2D eigenvalue weighted by atomic mass is 9.72. The van der Waals surface area contributed by atoms with E-state index in [-0.39, 0.29) is 55.1 Å². The van der Waals surface area contributed by atoms with E-state index in [1.807, 2.05) is 81.4 Å². The van der Waals surface area contributed by atoms with Crippen LogP contribution in [0.2, 0.25) is 0 Å². The Morgan fingerprint density at radius 2 is 1.29 bits per heavy atom. The van der Waals surface area contributed by atoms with Gasteiger partial charge in [0, 0.05) is 51.1 Å². The molecule has 2 heterocycles. The molecule has 376 valence electrons. The van der Waals surface area contributed by atoms with Gasteiger partial charge in [-0.15, -0.1) is 0 Å². The SMILES string of the molecule is COC(=O)N1CC2(CCN(C(=O)[C@@H](CCCCNC(=O)OC(C)(C)C)NC(=O)[C@@H](CC(C)C)NC(=O)[C@@H](Cc3ccccc3)NC(=O)CN(C[C@H](C)c3ccccc3)C(=O)OC(C)(C)C)CC2)C1. The van der Waals surface area contributed by atoms with E-state index in [1.165, 1.54) is 12.0 Å². The molecule has 0 saturated carbocycles.